The second-order valence-corrected chi connectivity index (χ2v) is 5.58. The van der Waals surface area contributed by atoms with Gasteiger partial charge < -0.3 is 19.6 Å². The number of ether oxygens (including phenoxy) is 1. The fourth-order valence-electron chi connectivity index (χ4n) is 2.43. The maximum atomic E-state index is 9.84. The molecule has 1 heterocycles. The van der Waals surface area contributed by atoms with Crippen LogP contribution in [0.4, 0.5) is 0 Å². The molecule has 20 heavy (non-hydrogen) atoms. The Hall–Kier alpha value is -1.10. The van der Waals surface area contributed by atoms with Gasteiger partial charge in [0, 0.05) is 6.54 Å². The van der Waals surface area contributed by atoms with Crippen LogP contribution in [0.15, 0.2) is 35.0 Å². The monoisotopic (exact) mass is 279 g/mol. The van der Waals surface area contributed by atoms with E-state index in [1.54, 1.807) is 6.26 Å². The second kappa shape index (κ2) is 8.25. The van der Waals surface area contributed by atoms with Gasteiger partial charge in [-0.05, 0) is 36.8 Å². The first-order valence-corrected chi connectivity index (χ1v) is 7.39. The fourth-order valence-corrected chi connectivity index (χ4v) is 2.43. The largest absolute Gasteiger partial charge is 0.468 e. The smallest absolute Gasteiger partial charge is 0.117 e. The van der Waals surface area contributed by atoms with Crippen LogP contribution in [0.3, 0.4) is 0 Å². The summed E-state index contributed by atoms with van der Waals surface area (Å²) in [5.74, 6) is 2.14. The zero-order chi connectivity index (χ0) is 14.2. The Labute approximate surface area is 120 Å². The Morgan fingerprint density at radius 2 is 2.30 bits per heavy atom. The van der Waals surface area contributed by atoms with E-state index in [2.05, 4.69) is 24.4 Å². The Balaban J connectivity index is 1.53. The second-order valence-electron chi connectivity index (χ2n) is 5.58. The van der Waals surface area contributed by atoms with Crippen molar-refractivity contribution in [1.29, 1.82) is 0 Å². The van der Waals surface area contributed by atoms with Gasteiger partial charge in [-0.3, -0.25) is 0 Å². The third kappa shape index (κ3) is 5.12. The van der Waals surface area contributed by atoms with Gasteiger partial charge in [0.05, 0.1) is 32.1 Å². The highest BCUT2D eigenvalue weighted by atomic mass is 16.5. The van der Waals surface area contributed by atoms with Gasteiger partial charge in [-0.1, -0.05) is 19.1 Å². The SMILES string of the molecule is CC1CC=CCC1COCC(O)CNCc1ccco1. The minimum Gasteiger partial charge on any atom is -0.468 e. The molecule has 0 radical (unpaired) electrons. The van der Waals surface area contributed by atoms with Crippen LogP contribution in [0.25, 0.3) is 0 Å². The van der Waals surface area contributed by atoms with Crippen LogP contribution >= 0.6 is 0 Å². The summed E-state index contributed by atoms with van der Waals surface area (Å²) in [5.41, 5.74) is 0. The van der Waals surface area contributed by atoms with Crippen molar-refractivity contribution in [2.24, 2.45) is 11.8 Å². The molecule has 3 unspecified atom stereocenters. The van der Waals surface area contributed by atoms with E-state index >= 15 is 0 Å². The number of aliphatic hydroxyl groups excluding tert-OH is 1. The molecule has 0 bridgehead atoms. The summed E-state index contributed by atoms with van der Waals surface area (Å²) in [6.45, 7) is 4.53. The summed E-state index contributed by atoms with van der Waals surface area (Å²) in [5, 5.41) is 13.0. The van der Waals surface area contributed by atoms with E-state index in [0.717, 1.165) is 25.2 Å². The van der Waals surface area contributed by atoms with Crippen LogP contribution in [0, 0.1) is 11.8 Å². The molecule has 0 aromatic carbocycles. The highest BCUT2D eigenvalue weighted by Crippen LogP contribution is 2.24. The molecule has 4 nitrogen and oxygen atoms in total. The molecule has 1 aliphatic rings. The maximum Gasteiger partial charge on any atom is 0.117 e. The van der Waals surface area contributed by atoms with Gasteiger partial charge in [-0.25, -0.2) is 0 Å². The van der Waals surface area contributed by atoms with Gasteiger partial charge in [-0.2, -0.15) is 0 Å². The van der Waals surface area contributed by atoms with Gasteiger partial charge >= 0.3 is 0 Å². The van der Waals surface area contributed by atoms with Crippen molar-refractivity contribution in [1.82, 2.24) is 5.32 Å². The van der Waals surface area contributed by atoms with Crippen LogP contribution in [-0.2, 0) is 11.3 Å². The lowest BCUT2D eigenvalue weighted by Gasteiger charge is -2.25. The number of hydrogen-bond donors (Lipinski definition) is 2. The molecular weight excluding hydrogens is 254 g/mol. The maximum absolute atomic E-state index is 9.84. The number of allylic oxidation sites excluding steroid dienone is 2. The van der Waals surface area contributed by atoms with Gasteiger partial charge in [0.15, 0.2) is 0 Å². The number of furan rings is 1. The molecule has 2 N–H and O–H groups in total. The number of aliphatic hydroxyl groups is 1. The molecule has 1 aromatic heterocycles. The van der Waals surface area contributed by atoms with Gasteiger partial charge in [-0.15, -0.1) is 0 Å². The predicted octanol–water partition coefficient (Wildman–Crippen LogP) is 2.35. The average molecular weight is 279 g/mol. The Morgan fingerprint density at radius 1 is 1.45 bits per heavy atom. The molecule has 0 spiro atoms. The van der Waals surface area contributed by atoms with E-state index in [0.29, 0.717) is 31.5 Å². The van der Waals surface area contributed by atoms with E-state index in [1.807, 2.05) is 12.1 Å². The van der Waals surface area contributed by atoms with E-state index < -0.39 is 6.10 Å². The van der Waals surface area contributed by atoms with Crippen molar-refractivity contribution in [3.05, 3.63) is 36.3 Å². The highest BCUT2D eigenvalue weighted by molar-refractivity contribution is 4.97. The summed E-state index contributed by atoms with van der Waals surface area (Å²) in [7, 11) is 0. The summed E-state index contributed by atoms with van der Waals surface area (Å²) in [6.07, 6.45) is 7.88. The van der Waals surface area contributed by atoms with E-state index in [1.165, 1.54) is 0 Å². The quantitative estimate of drug-likeness (QED) is 0.717. The molecule has 112 valence electrons. The summed E-state index contributed by atoms with van der Waals surface area (Å²) >= 11 is 0. The van der Waals surface area contributed by atoms with Crippen LogP contribution in [0.1, 0.15) is 25.5 Å². The van der Waals surface area contributed by atoms with Crippen molar-refractivity contribution in [2.45, 2.75) is 32.4 Å². The first-order valence-electron chi connectivity index (χ1n) is 7.39. The molecule has 0 saturated heterocycles. The minimum atomic E-state index is -0.473. The molecule has 2 rings (SSSR count). The number of nitrogens with one attached hydrogen (secondary N) is 1. The zero-order valence-electron chi connectivity index (χ0n) is 12.1. The van der Waals surface area contributed by atoms with Crippen LogP contribution in [-0.4, -0.2) is 31.0 Å². The number of rotatable bonds is 8. The highest BCUT2D eigenvalue weighted by Gasteiger charge is 2.18. The topological polar surface area (TPSA) is 54.6 Å². The predicted molar refractivity (Wildman–Crippen MR) is 78.3 cm³/mol. The lowest BCUT2D eigenvalue weighted by Crippen LogP contribution is -2.31. The average Bonchev–Trinajstić information content (AvgIpc) is 2.94. The van der Waals surface area contributed by atoms with Crippen LogP contribution < -0.4 is 5.32 Å². The fraction of sp³-hybridized carbons (Fsp3) is 0.625. The van der Waals surface area contributed by atoms with Crippen molar-refractivity contribution in [3.8, 4) is 0 Å². The molecule has 0 aliphatic heterocycles. The Kier molecular flexibility index (Phi) is 6.30. The van der Waals surface area contributed by atoms with Crippen molar-refractivity contribution >= 4 is 0 Å². The third-order valence-corrected chi connectivity index (χ3v) is 3.82. The zero-order valence-corrected chi connectivity index (χ0v) is 12.1. The van der Waals surface area contributed by atoms with Crippen molar-refractivity contribution < 1.29 is 14.3 Å². The Morgan fingerprint density at radius 3 is 3.05 bits per heavy atom. The number of hydrogen-bond acceptors (Lipinski definition) is 4. The third-order valence-electron chi connectivity index (χ3n) is 3.82. The van der Waals surface area contributed by atoms with Gasteiger partial charge in [0.2, 0.25) is 0 Å². The molecule has 4 heteroatoms. The molecule has 1 aliphatic carbocycles. The van der Waals surface area contributed by atoms with E-state index in [9.17, 15) is 5.11 Å². The summed E-state index contributed by atoms with van der Waals surface area (Å²) < 4.78 is 10.9. The molecule has 3 atom stereocenters. The summed E-state index contributed by atoms with van der Waals surface area (Å²) in [4.78, 5) is 0. The minimum absolute atomic E-state index is 0.387. The van der Waals surface area contributed by atoms with Crippen molar-refractivity contribution in [3.63, 3.8) is 0 Å². The lowest BCUT2D eigenvalue weighted by molar-refractivity contribution is 0.0126. The molecule has 1 aromatic rings. The van der Waals surface area contributed by atoms with Crippen LogP contribution in [0.5, 0.6) is 0 Å². The lowest BCUT2D eigenvalue weighted by atomic mass is 9.85. The van der Waals surface area contributed by atoms with Crippen LogP contribution in [0.2, 0.25) is 0 Å². The van der Waals surface area contributed by atoms with Gasteiger partial charge in [0.1, 0.15) is 5.76 Å². The summed E-state index contributed by atoms with van der Waals surface area (Å²) in [6, 6.07) is 3.77. The molecule has 0 amide bonds. The molecule has 0 fully saturated rings. The first-order chi connectivity index (χ1) is 9.75. The van der Waals surface area contributed by atoms with Crippen molar-refractivity contribution in [2.75, 3.05) is 19.8 Å². The standard InChI is InChI=1S/C16H25NO3/c1-13-5-2-3-6-14(13)11-19-12-15(18)9-17-10-16-7-4-8-20-16/h2-4,7-8,13-15,17-18H,5-6,9-12H2,1H3. The van der Waals surface area contributed by atoms with Gasteiger partial charge in [0.25, 0.3) is 0 Å². The normalized spacial score (nSPS) is 23.9. The molecule has 0 saturated carbocycles. The van der Waals surface area contributed by atoms with E-state index in [-0.39, 0.29) is 0 Å². The van der Waals surface area contributed by atoms with E-state index in [4.69, 9.17) is 9.15 Å². The first kappa shape index (κ1) is 15.3. The Bertz CT molecular complexity index is 388. The molecular formula is C16H25NO3.